The lowest BCUT2D eigenvalue weighted by atomic mass is 10.0. The Morgan fingerprint density at radius 1 is 1.35 bits per heavy atom. The quantitative estimate of drug-likeness (QED) is 0.907. The summed E-state index contributed by atoms with van der Waals surface area (Å²) in [6, 6.07) is 7.74. The summed E-state index contributed by atoms with van der Waals surface area (Å²) in [5.74, 6) is 1.87. The third kappa shape index (κ3) is 2.29. The van der Waals surface area contributed by atoms with Gasteiger partial charge in [0, 0.05) is 18.2 Å². The third-order valence-corrected chi connectivity index (χ3v) is 3.28. The van der Waals surface area contributed by atoms with Crippen LogP contribution in [-0.2, 0) is 6.42 Å². The molecule has 0 spiro atoms. The van der Waals surface area contributed by atoms with Crippen LogP contribution in [-0.4, -0.2) is 10.6 Å². The van der Waals surface area contributed by atoms with E-state index in [0.717, 1.165) is 23.3 Å². The molecule has 4 heteroatoms. The van der Waals surface area contributed by atoms with Crippen molar-refractivity contribution in [2.24, 2.45) is 0 Å². The fourth-order valence-electron chi connectivity index (χ4n) is 2.44. The van der Waals surface area contributed by atoms with Crippen molar-refractivity contribution < 1.29 is 9.47 Å². The summed E-state index contributed by atoms with van der Waals surface area (Å²) >= 11 is 0. The molecule has 4 nitrogen and oxygen atoms in total. The van der Waals surface area contributed by atoms with Crippen molar-refractivity contribution in [2.45, 2.75) is 32.8 Å². The molecule has 2 N–H and O–H groups in total. The average molecular weight is 270 g/mol. The molecular weight excluding hydrogens is 252 g/mol. The minimum absolute atomic E-state index is 0.200. The van der Waals surface area contributed by atoms with E-state index in [-0.39, 0.29) is 5.60 Å². The molecule has 104 valence electrons. The fraction of sp³-hybridized carbons (Fsp3) is 0.312. The monoisotopic (exact) mass is 270 g/mol. The molecule has 0 saturated heterocycles. The number of benzene rings is 1. The predicted octanol–water partition coefficient (Wildman–Crippen LogP) is 3.48. The van der Waals surface area contributed by atoms with Crippen LogP contribution >= 0.6 is 0 Å². The summed E-state index contributed by atoms with van der Waals surface area (Å²) in [5.41, 5.74) is 8.42. The summed E-state index contributed by atoms with van der Waals surface area (Å²) < 4.78 is 11.8. The van der Waals surface area contributed by atoms with Gasteiger partial charge in [-0.3, -0.25) is 0 Å². The Balaban J connectivity index is 1.95. The predicted molar refractivity (Wildman–Crippen MR) is 78.3 cm³/mol. The first kappa shape index (κ1) is 12.8. The van der Waals surface area contributed by atoms with Crippen LogP contribution in [0.3, 0.4) is 0 Å². The molecule has 1 aliphatic rings. The smallest absolute Gasteiger partial charge is 0.242 e. The van der Waals surface area contributed by atoms with Crippen molar-refractivity contribution >= 4 is 5.69 Å². The van der Waals surface area contributed by atoms with Gasteiger partial charge in [0.15, 0.2) is 11.5 Å². The summed E-state index contributed by atoms with van der Waals surface area (Å²) in [6.07, 6.45) is 2.61. The molecule has 0 fully saturated rings. The molecule has 1 aliphatic heterocycles. The molecule has 0 atom stereocenters. The minimum Gasteiger partial charge on any atom is -0.483 e. The van der Waals surface area contributed by atoms with Gasteiger partial charge in [-0.2, -0.15) is 0 Å². The van der Waals surface area contributed by atoms with Gasteiger partial charge in [-0.05, 0) is 38.5 Å². The fourth-order valence-corrected chi connectivity index (χ4v) is 2.44. The Morgan fingerprint density at radius 2 is 2.15 bits per heavy atom. The van der Waals surface area contributed by atoms with E-state index in [2.05, 4.69) is 24.9 Å². The number of fused-ring (bicyclic) bond motifs is 1. The number of nitrogen functional groups attached to an aromatic ring is 1. The molecule has 1 aromatic heterocycles. The first-order valence-electron chi connectivity index (χ1n) is 6.65. The summed E-state index contributed by atoms with van der Waals surface area (Å²) in [5, 5.41) is 0. The lowest BCUT2D eigenvalue weighted by Crippen LogP contribution is -2.24. The Kier molecular flexibility index (Phi) is 2.82. The van der Waals surface area contributed by atoms with Gasteiger partial charge in [0.2, 0.25) is 5.88 Å². The number of anilines is 1. The van der Waals surface area contributed by atoms with Gasteiger partial charge in [-0.15, -0.1) is 0 Å². The highest BCUT2D eigenvalue weighted by Gasteiger charge is 2.32. The van der Waals surface area contributed by atoms with Crippen LogP contribution in [0, 0.1) is 6.92 Å². The minimum atomic E-state index is -0.200. The summed E-state index contributed by atoms with van der Waals surface area (Å²) in [6.45, 7) is 6.07. The molecule has 3 rings (SSSR count). The number of nitrogens with two attached hydrogens (primary N) is 1. The highest BCUT2D eigenvalue weighted by atomic mass is 16.5. The molecule has 0 unspecified atom stereocenters. The summed E-state index contributed by atoms with van der Waals surface area (Å²) in [4.78, 5) is 4.23. The van der Waals surface area contributed by atoms with Crippen LogP contribution in [0.2, 0.25) is 0 Å². The van der Waals surface area contributed by atoms with Crippen LogP contribution < -0.4 is 15.2 Å². The van der Waals surface area contributed by atoms with Crippen molar-refractivity contribution in [1.82, 2.24) is 4.98 Å². The normalized spacial score (nSPS) is 15.6. The van der Waals surface area contributed by atoms with Crippen molar-refractivity contribution in [2.75, 3.05) is 5.73 Å². The van der Waals surface area contributed by atoms with Crippen molar-refractivity contribution in [3.05, 3.63) is 41.6 Å². The molecule has 0 bridgehead atoms. The van der Waals surface area contributed by atoms with E-state index in [4.69, 9.17) is 15.2 Å². The molecular formula is C16H18N2O2. The standard InChI is InChI=1S/C16H18N2O2/c1-10-7-12(17)15(18-9-10)19-13-6-4-5-11-8-16(2,3)20-14(11)13/h4-7,9H,8,17H2,1-3H3. The number of aromatic nitrogens is 1. The summed E-state index contributed by atoms with van der Waals surface area (Å²) in [7, 11) is 0. The molecule has 20 heavy (non-hydrogen) atoms. The zero-order valence-electron chi connectivity index (χ0n) is 11.9. The number of hydrogen-bond donors (Lipinski definition) is 1. The zero-order chi connectivity index (χ0) is 14.3. The highest BCUT2D eigenvalue weighted by Crippen LogP contribution is 2.43. The molecule has 2 heterocycles. The third-order valence-electron chi connectivity index (χ3n) is 3.28. The number of hydrogen-bond acceptors (Lipinski definition) is 4. The Morgan fingerprint density at radius 3 is 2.90 bits per heavy atom. The topological polar surface area (TPSA) is 57.4 Å². The van der Waals surface area contributed by atoms with Gasteiger partial charge in [-0.25, -0.2) is 4.98 Å². The van der Waals surface area contributed by atoms with E-state index in [1.54, 1.807) is 6.20 Å². The number of pyridine rings is 1. The van der Waals surface area contributed by atoms with E-state index in [0.29, 0.717) is 17.3 Å². The second-order valence-electron chi connectivity index (χ2n) is 5.79. The Bertz CT molecular complexity index is 666. The number of rotatable bonds is 2. The van der Waals surface area contributed by atoms with Crippen LogP contribution in [0.4, 0.5) is 5.69 Å². The van der Waals surface area contributed by atoms with Gasteiger partial charge >= 0.3 is 0 Å². The van der Waals surface area contributed by atoms with Crippen LogP contribution in [0.1, 0.15) is 25.0 Å². The molecule has 0 aliphatic carbocycles. The lowest BCUT2D eigenvalue weighted by Gasteiger charge is -2.18. The maximum atomic E-state index is 5.97. The van der Waals surface area contributed by atoms with E-state index in [1.807, 2.05) is 25.1 Å². The van der Waals surface area contributed by atoms with E-state index >= 15 is 0 Å². The van der Waals surface area contributed by atoms with Crippen LogP contribution in [0.25, 0.3) is 0 Å². The number of nitrogens with zero attached hydrogens (tertiary/aromatic N) is 1. The van der Waals surface area contributed by atoms with Gasteiger partial charge in [-0.1, -0.05) is 12.1 Å². The molecule has 2 aromatic rings. The first-order chi connectivity index (χ1) is 9.44. The van der Waals surface area contributed by atoms with Gasteiger partial charge in [0.25, 0.3) is 0 Å². The largest absolute Gasteiger partial charge is 0.483 e. The zero-order valence-corrected chi connectivity index (χ0v) is 11.9. The van der Waals surface area contributed by atoms with Gasteiger partial charge in [0.1, 0.15) is 5.60 Å². The second-order valence-corrected chi connectivity index (χ2v) is 5.79. The highest BCUT2D eigenvalue weighted by molar-refractivity contribution is 5.55. The van der Waals surface area contributed by atoms with Crippen LogP contribution in [0.15, 0.2) is 30.5 Å². The molecule has 0 amide bonds. The maximum absolute atomic E-state index is 5.97. The maximum Gasteiger partial charge on any atom is 0.242 e. The second kappa shape index (κ2) is 4.40. The van der Waals surface area contributed by atoms with E-state index in [9.17, 15) is 0 Å². The molecule has 0 radical (unpaired) electrons. The Hall–Kier alpha value is -2.23. The van der Waals surface area contributed by atoms with Crippen molar-refractivity contribution in [3.8, 4) is 17.4 Å². The van der Waals surface area contributed by atoms with Crippen molar-refractivity contribution in [3.63, 3.8) is 0 Å². The van der Waals surface area contributed by atoms with Gasteiger partial charge < -0.3 is 15.2 Å². The van der Waals surface area contributed by atoms with Crippen LogP contribution in [0.5, 0.6) is 17.4 Å². The average Bonchev–Trinajstić information content (AvgIpc) is 2.67. The van der Waals surface area contributed by atoms with E-state index < -0.39 is 0 Å². The number of aryl methyl sites for hydroxylation is 1. The van der Waals surface area contributed by atoms with Gasteiger partial charge in [0.05, 0.1) is 5.69 Å². The first-order valence-corrected chi connectivity index (χ1v) is 6.65. The van der Waals surface area contributed by atoms with E-state index in [1.165, 1.54) is 0 Å². The number of para-hydroxylation sites is 1. The van der Waals surface area contributed by atoms with Crippen molar-refractivity contribution in [1.29, 1.82) is 0 Å². The molecule has 1 aromatic carbocycles. The lowest BCUT2D eigenvalue weighted by molar-refractivity contribution is 0.135. The molecule has 0 saturated carbocycles. The Labute approximate surface area is 118 Å². The SMILES string of the molecule is Cc1cnc(Oc2cccc3c2OC(C)(C)C3)c(N)c1. The number of ether oxygens (including phenoxy) is 2.